The van der Waals surface area contributed by atoms with Gasteiger partial charge in [0.25, 0.3) is 11.2 Å². The number of nitrogens with one attached hydrogen (secondary N) is 1. The van der Waals surface area contributed by atoms with E-state index in [2.05, 4.69) is 16.9 Å². The number of nitro groups is 1. The molecule has 1 aromatic heterocycles. The fraction of sp³-hybridized carbons (Fsp3) is 0.105. The molecule has 0 fully saturated rings. The van der Waals surface area contributed by atoms with Crippen molar-refractivity contribution in [2.45, 2.75) is 11.7 Å². The highest BCUT2D eigenvalue weighted by Gasteiger charge is 2.13. The number of nitrogens with zero attached hydrogens (tertiary/aromatic N) is 3. The number of rotatable bonds is 7. The Morgan fingerprint density at radius 2 is 2.07 bits per heavy atom. The van der Waals surface area contributed by atoms with E-state index in [0.29, 0.717) is 21.7 Å². The topological polar surface area (TPSA) is 107 Å². The lowest BCUT2D eigenvalue weighted by Gasteiger charge is -2.11. The Labute approximate surface area is 164 Å². The van der Waals surface area contributed by atoms with Crippen LogP contribution in [0.25, 0.3) is 10.9 Å². The zero-order valence-corrected chi connectivity index (χ0v) is 15.5. The molecule has 0 aliphatic rings. The van der Waals surface area contributed by atoms with E-state index in [9.17, 15) is 19.7 Å². The maximum atomic E-state index is 12.7. The van der Waals surface area contributed by atoms with E-state index in [4.69, 9.17) is 0 Å². The zero-order valence-electron chi connectivity index (χ0n) is 14.7. The fourth-order valence-corrected chi connectivity index (χ4v) is 3.38. The van der Waals surface area contributed by atoms with Crippen LogP contribution in [0, 0.1) is 10.1 Å². The summed E-state index contributed by atoms with van der Waals surface area (Å²) in [4.78, 5) is 39.7. The third kappa shape index (κ3) is 4.26. The predicted molar refractivity (Wildman–Crippen MR) is 109 cm³/mol. The second kappa shape index (κ2) is 8.49. The number of carbonyl (C=O) groups excluding carboxylic acids is 1. The number of allylic oxidation sites excluding steroid dienone is 1. The number of non-ortho nitro benzene ring substituents is 1. The number of aromatic nitrogens is 2. The monoisotopic (exact) mass is 396 g/mol. The molecule has 1 heterocycles. The Bertz CT molecular complexity index is 1130. The van der Waals surface area contributed by atoms with Crippen LogP contribution in [0.2, 0.25) is 0 Å². The fourth-order valence-electron chi connectivity index (χ4n) is 2.57. The molecule has 3 aromatic rings. The van der Waals surface area contributed by atoms with Crippen molar-refractivity contribution in [3.8, 4) is 0 Å². The molecule has 1 N–H and O–H groups in total. The van der Waals surface area contributed by atoms with E-state index >= 15 is 0 Å². The van der Waals surface area contributed by atoms with Gasteiger partial charge in [0.1, 0.15) is 0 Å². The molecule has 0 saturated heterocycles. The molecule has 0 atom stereocenters. The average Bonchev–Trinajstić information content (AvgIpc) is 2.69. The molecular formula is C19H16N4O4S. The molecule has 28 heavy (non-hydrogen) atoms. The molecule has 9 heteroatoms. The minimum atomic E-state index is -0.530. The minimum absolute atomic E-state index is 0.00931. The summed E-state index contributed by atoms with van der Waals surface area (Å²) in [5, 5.41) is 14.3. The van der Waals surface area contributed by atoms with Crippen LogP contribution in [-0.2, 0) is 11.3 Å². The van der Waals surface area contributed by atoms with Crippen LogP contribution in [-0.4, -0.2) is 26.1 Å². The minimum Gasteiger partial charge on any atom is -0.325 e. The van der Waals surface area contributed by atoms with Gasteiger partial charge in [0.15, 0.2) is 5.16 Å². The Morgan fingerprint density at radius 3 is 2.82 bits per heavy atom. The summed E-state index contributed by atoms with van der Waals surface area (Å²) in [5.74, 6) is -0.372. The Hall–Kier alpha value is -3.46. The molecule has 0 unspecified atom stereocenters. The summed E-state index contributed by atoms with van der Waals surface area (Å²) < 4.78 is 1.46. The van der Waals surface area contributed by atoms with Crippen molar-refractivity contribution in [3.63, 3.8) is 0 Å². The summed E-state index contributed by atoms with van der Waals surface area (Å²) in [6.07, 6.45) is 1.59. The van der Waals surface area contributed by atoms with E-state index in [0.717, 1.165) is 11.8 Å². The SMILES string of the molecule is C=CCn1c(SCC(=O)Nc2cccc([N+](=O)[O-])c2)nc2ccccc2c1=O. The third-order valence-electron chi connectivity index (χ3n) is 3.81. The Balaban J connectivity index is 1.79. The number of para-hydroxylation sites is 1. The largest absolute Gasteiger partial charge is 0.325 e. The van der Waals surface area contributed by atoms with Gasteiger partial charge in [0.2, 0.25) is 5.91 Å². The molecule has 0 aliphatic heterocycles. The van der Waals surface area contributed by atoms with Crippen LogP contribution in [0.4, 0.5) is 11.4 Å². The molecule has 0 spiro atoms. The highest BCUT2D eigenvalue weighted by molar-refractivity contribution is 7.99. The lowest BCUT2D eigenvalue weighted by Crippen LogP contribution is -2.23. The van der Waals surface area contributed by atoms with Gasteiger partial charge in [-0.05, 0) is 18.2 Å². The number of anilines is 1. The number of thioether (sulfide) groups is 1. The quantitative estimate of drug-likeness (QED) is 0.216. The van der Waals surface area contributed by atoms with E-state index in [-0.39, 0.29) is 29.5 Å². The van der Waals surface area contributed by atoms with E-state index in [1.807, 2.05) is 0 Å². The van der Waals surface area contributed by atoms with Gasteiger partial charge >= 0.3 is 0 Å². The molecule has 0 radical (unpaired) electrons. The lowest BCUT2D eigenvalue weighted by molar-refractivity contribution is -0.384. The van der Waals surface area contributed by atoms with Gasteiger partial charge < -0.3 is 5.32 Å². The zero-order chi connectivity index (χ0) is 20.1. The Morgan fingerprint density at radius 1 is 1.29 bits per heavy atom. The first-order valence-electron chi connectivity index (χ1n) is 8.27. The summed E-state index contributed by atoms with van der Waals surface area (Å²) in [5.41, 5.74) is 0.567. The van der Waals surface area contributed by atoms with Gasteiger partial charge in [0, 0.05) is 24.4 Å². The first-order valence-corrected chi connectivity index (χ1v) is 9.25. The van der Waals surface area contributed by atoms with E-state index in [1.54, 1.807) is 36.4 Å². The van der Waals surface area contributed by atoms with Gasteiger partial charge in [-0.3, -0.25) is 24.3 Å². The number of amides is 1. The van der Waals surface area contributed by atoms with Crippen LogP contribution < -0.4 is 10.9 Å². The van der Waals surface area contributed by atoms with E-state index < -0.39 is 4.92 Å². The molecule has 0 saturated carbocycles. The van der Waals surface area contributed by atoms with Crippen molar-refractivity contribution in [2.24, 2.45) is 0 Å². The van der Waals surface area contributed by atoms with Crippen molar-refractivity contribution in [1.29, 1.82) is 0 Å². The van der Waals surface area contributed by atoms with Crippen LogP contribution in [0.1, 0.15) is 0 Å². The van der Waals surface area contributed by atoms with Crippen molar-refractivity contribution in [2.75, 3.05) is 11.1 Å². The third-order valence-corrected chi connectivity index (χ3v) is 4.79. The number of benzene rings is 2. The summed E-state index contributed by atoms with van der Waals surface area (Å²) >= 11 is 1.11. The first kappa shape index (κ1) is 19.3. The normalized spacial score (nSPS) is 10.6. The van der Waals surface area contributed by atoms with Crippen molar-refractivity contribution in [1.82, 2.24) is 9.55 Å². The summed E-state index contributed by atoms with van der Waals surface area (Å²) in [7, 11) is 0. The van der Waals surface area contributed by atoms with Crippen LogP contribution in [0.15, 0.2) is 71.1 Å². The molecule has 1 amide bonds. The maximum Gasteiger partial charge on any atom is 0.271 e. The number of nitro benzene ring substituents is 1. The van der Waals surface area contributed by atoms with Crippen LogP contribution in [0.5, 0.6) is 0 Å². The van der Waals surface area contributed by atoms with Crippen molar-refractivity contribution in [3.05, 3.63) is 81.7 Å². The highest BCUT2D eigenvalue weighted by Crippen LogP contribution is 2.20. The van der Waals surface area contributed by atoms with Gasteiger partial charge in [-0.25, -0.2) is 4.98 Å². The number of fused-ring (bicyclic) bond motifs is 1. The Kier molecular flexibility index (Phi) is 5.85. The van der Waals surface area contributed by atoms with Gasteiger partial charge in [-0.1, -0.05) is 36.0 Å². The first-order chi connectivity index (χ1) is 13.5. The molecule has 2 aromatic carbocycles. The predicted octanol–water partition coefficient (Wildman–Crippen LogP) is 3.22. The molecule has 8 nitrogen and oxygen atoms in total. The highest BCUT2D eigenvalue weighted by atomic mass is 32.2. The van der Waals surface area contributed by atoms with Crippen LogP contribution in [0.3, 0.4) is 0 Å². The number of carbonyl (C=O) groups is 1. The van der Waals surface area contributed by atoms with Crippen molar-refractivity contribution < 1.29 is 9.72 Å². The smallest absolute Gasteiger partial charge is 0.271 e. The molecule has 142 valence electrons. The molecule has 0 bridgehead atoms. The maximum absolute atomic E-state index is 12.7. The second-order valence-electron chi connectivity index (χ2n) is 5.76. The standard InChI is InChI=1S/C19H16N4O4S/c1-2-10-22-18(25)15-8-3-4-9-16(15)21-19(22)28-12-17(24)20-13-6-5-7-14(11-13)23(26)27/h2-9,11H,1,10,12H2,(H,20,24). The molecule has 0 aliphatic carbocycles. The second-order valence-corrected chi connectivity index (χ2v) is 6.70. The molecular weight excluding hydrogens is 380 g/mol. The van der Waals surface area contributed by atoms with E-state index in [1.165, 1.54) is 22.8 Å². The number of hydrogen-bond donors (Lipinski definition) is 1. The molecule has 3 rings (SSSR count). The van der Waals surface area contributed by atoms with Crippen LogP contribution >= 0.6 is 11.8 Å². The average molecular weight is 396 g/mol. The summed E-state index contributed by atoms with van der Waals surface area (Å²) in [6, 6.07) is 12.7. The van der Waals surface area contributed by atoms with Gasteiger partial charge in [-0.15, -0.1) is 6.58 Å². The van der Waals surface area contributed by atoms with Crippen molar-refractivity contribution >= 4 is 39.9 Å². The van der Waals surface area contributed by atoms with Gasteiger partial charge in [-0.2, -0.15) is 0 Å². The lowest BCUT2D eigenvalue weighted by atomic mass is 10.2. The summed E-state index contributed by atoms with van der Waals surface area (Å²) in [6.45, 7) is 3.93. The number of hydrogen-bond acceptors (Lipinski definition) is 6. The van der Waals surface area contributed by atoms with Gasteiger partial charge in [0.05, 0.1) is 21.6 Å².